The van der Waals surface area contributed by atoms with Crippen LogP contribution < -0.4 is 19.9 Å². The van der Waals surface area contributed by atoms with Gasteiger partial charge >= 0.3 is 0 Å². The number of ether oxygens (including phenoxy) is 1. The minimum absolute atomic E-state index is 0.791. The van der Waals surface area contributed by atoms with E-state index >= 15 is 0 Å². The van der Waals surface area contributed by atoms with Crippen LogP contribution in [0.4, 0.5) is 17.5 Å². The normalized spacial score (nSPS) is 14.6. The average molecular weight is 356 g/mol. The van der Waals surface area contributed by atoms with Gasteiger partial charge in [-0.05, 0) is 32.3 Å². The monoisotopic (exact) mass is 356 g/mol. The maximum atomic E-state index is 5.49. The lowest BCUT2D eigenvalue weighted by molar-refractivity contribution is 0.413. The third kappa shape index (κ3) is 4.54. The van der Waals surface area contributed by atoms with E-state index < -0.39 is 0 Å². The molecule has 0 spiro atoms. The van der Waals surface area contributed by atoms with E-state index in [-0.39, 0.29) is 0 Å². The molecule has 1 aliphatic rings. The molecule has 1 aliphatic heterocycles. The summed E-state index contributed by atoms with van der Waals surface area (Å²) in [5.74, 6) is 2.59. The topological polar surface area (TPSA) is 56.8 Å². The molecule has 0 unspecified atom stereocenters. The van der Waals surface area contributed by atoms with Crippen molar-refractivity contribution in [3.05, 3.63) is 36.5 Å². The first-order valence-corrected chi connectivity index (χ1v) is 9.02. The molecule has 0 aliphatic carbocycles. The number of hydrogen-bond acceptors (Lipinski definition) is 7. The van der Waals surface area contributed by atoms with Gasteiger partial charge in [0, 0.05) is 45.5 Å². The van der Waals surface area contributed by atoms with E-state index in [4.69, 9.17) is 4.74 Å². The van der Waals surface area contributed by atoms with Gasteiger partial charge in [-0.3, -0.25) is 0 Å². The molecule has 1 saturated heterocycles. The van der Waals surface area contributed by atoms with Crippen molar-refractivity contribution in [3.8, 4) is 5.75 Å². The Hall–Kier alpha value is -2.54. The van der Waals surface area contributed by atoms with E-state index in [1.54, 1.807) is 7.11 Å². The molecule has 1 N–H and O–H groups in total. The lowest BCUT2D eigenvalue weighted by atomic mass is 10.2. The fourth-order valence-electron chi connectivity index (χ4n) is 3.05. The van der Waals surface area contributed by atoms with E-state index in [2.05, 4.69) is 56.2 Å². The first-order chi connectivity index (χ1) is 12.7. The summed E-state index contributed by atoms with van der Waals surface area (Å²) in [5, 5.41) is 3.36. The second kappa shape index (κ2) is 8.71. The Morgan fingerprint density at radius 3 is 2.54 bits per heavy atom. The zero-order chi connectivity index (χ0) is 18.4. The van der Waals surface area contributed by atoms with Crippen LogP contribution in [0, 0.1) is 0 Å². The summed E-state index contributed by atoms with van der Waals surface area (Å²) >= 11 is 0. The summed E-state index contributed by atoms with van der Waals surface area (Å²) in [7, 11) is 5.85. The van der Waals surface area contributed by atoms with Gasteiger partial charge in [0.2, 0.25) is 5.95 Å². The minimum atomic E-state index is 0.791. The van der Waals surface area contributed by atoms with E-state index in [9.17, 15) is 0 Å². The zero-order valence-electron chi connectivity index (χ0n) is 15.9. The number of benzene rings is 1. The van der Waals surface area contributed by atoms with Crippen LogP contribution in [-0.2, 0) is 0 Å². The highest BCUT2D eigenvalue weighted by Gasteiger charge is 2.21. The molecule has 1 fully saturated rings. The lowest BCUT2D eigenvalue weighted by Crippen LogP contribution is -2.47. The van der Waals surface area contributed by atoms with E-state index in [0.717, 1.165) is 62.5 Å². The van der Waals surface area contributed by atoms with Crippen molar-refractivity contribution >= 4 is 17.5 Å². The molecule has 7 nitrogen and oxygen atoms in total. The molecule has 0 atom stereocenters. The number of likely N-dealkylation sites (N-methyl/N-ethyl adjacent to an activating group) is 1. The molecule has 140 valence electrons. The zero-order valence-corrected chi connectivity index (χ0v) is 15.9. The minimum Gasteiger partial charge on any atom is -0.495 e. The average Bonchev–Trinajstić information content (AvgIpc) is 2.68. The second-order valence-corrected chi connectivity index (χ2v) is 6.62. The van der Waals surface area contributed by atoms with E-state index in [0.29, 0.717) is 0 Å². The Kier molecular flexibility index (Phi) is 6.12. The number of nitrogens with one attached hydrogen (secondary N) is 1. The Morgan fingerprint density at radius 1 is 1.08 bits per heavy atom. The number of methoxy groups -OCH3 is 1. The van der Waals surface area contributed by atoms with Gasteiger partial charge in [0.1, 0.15) is 11.6 Å². The summed E-state index contributed by atoms with van der Waals surface area (Å²) in [6.07, 6.45) is 1.83. The van der Waals surface area contributed by atoms with Gasteiger partial charge in [-0.25, -0.2) is 4.98 Å². The summed E-state index contributed by atoms with van der Waals surface area (Å²) in [5.41, 5.74) is 1.15. The molecule has 0 radical (unpaired) electrons. The number of hydrogen-bond donors (Lipinski definition) is 1. The molecule has 7 heteroatoms. The van der Waals surface area contributed by atoms with Crippen LogP contribution in [0.25, 0.3) is 0 Å². The van der Waals surface area contributed by atoms with Crippen LogP contribution in [0.5, 0.6) is 5.75 Å². The van der Waals surface area contributed by atoms with Crippen LogP contribution in [0.3, 0.4) is 0 Å². The highest BCUT2D eigenvalue weighted by atomic mass is 16.5. The maximum Gasteiger partial charge on any atom is 0.227 e. The lowest BCUT2D eigenvalue weighted by Gasteiger charge is -2.36. The van der Waals surface area contributed by atoms with Crippen molar-refractivity contribution in [1.82, 2.24) is 14.9 Å². The first-order valence-electron chi connectivity index (χ1n) is 9.02. The molecular formula is C19H28N6O. The Bertz CT molecular complexity index is 700. The third-order valence-corrected chi connectivity index (χ3v) is 4.50. The van der Waals surface area contributed by atoms with Crippen molar-refractivity contribution in [1.29, 1.82) is 0 Å². The van der Waals surface area contributed by atoms with Crippen molar-refractivity contribution in [2.75, 3.05) is 75.6 Å². The number of para-hydroxylation sites is 2. The Labute approximate surface area is 155 Å². The van der Waals surface area contributed by atoms with Crippen molar-refractivity contribution < 1.29 is 4.74 Å². The smallest absolute Gasteiger partial charge is 0.227 e. The second-order valence-electron chi connectivity index (χ2n) is 6.62. The molecule has 3 rings (SSSR count). The van der Waals surface area contributed by atoms with Gasteiger partial charge in [0.05, 0.1) is 12.8 Å². The first kappa shape index (κ1) is 18.3. The van der Waals surface area contributed by atoms with E-state index in [1.165, 1.54) is 0 Å². The molecule has 0 bridgehead atoms. The van der Waals surface area contributed by atoms with Crippen LogP contribution in [0.15, 0.2) is 36.5 Å². The Morgan fingerprint density at radius 2 is 1.81 bits per heavy atom. The fourth-order valence-corrected chi connectivity index (χ4v) is 3.05. The van der Waals surface area contributed by atoms with Crippen LogP contribution in [0.2, 0.25) is 0 Å². The summed E-state index contributed by atoms with van der Waals surface area (Å²) in [4.78, 5) is 15.9. The molecule has 1 aromatic heterocycles. The largest absolute Gasteiger partial charge is 0.495 e. The van der Waals surface area contributed by atoms with Crippen molar-refractivity contribution in [2.24, 2.45) is 0 Å². The fraction of sp³-hybridized carbons (Fsp3) is 0.474. The number of aromatic nitrogens is 2. The molecule has 2 aromatic rings. The summed E-state index contributed by atoms with van der Waals surface area (Å²) < 4.78 is 5.49. The number of anilines is 3. The van der Waals surface area contributed by atoms with E-state index in [1.807, 2.05) is 24.4 Å². The number of nitrogens with zero attached hydrogens (tertiary/aromatic N) is 5. The number of piperazine rings is 1. The molecule has 0 amide bonds. The van der Waals surface area contributed by atoms with Crippen LogP contribution in [0.1, 0.15) is 0 Å². The van der Waals surface area contributed by atoms with Gasteiger partial charge in [-0.15, -0.1) is 0 Å². The van der Waals surface area contributed by atoms with Gasteiger partial charge in [-0.1, -0.05) is 12.1 Å². The quantitative estimate of drug-likeness (QED) is 0.811. The number of rotatable bonds is 7. The van der Waals surface area contributed by atoms with Gasteiger partial charge < -0.3 is 24.8 Å². The highest BCUT2D eigenvalue weighted by Crippen LogP contribution is 2.28. The predicted octanol–water partition coefficient (Wildman–Crippen LogP) is 1.79. The summed E-state index contributed by atoms with van der Waals surface area (Å²) in [6, 6.07) is 10.1. The summed E-state index contributed by atoms with van der Waals surface area (Å²) in [6.45, 7) is 5.45. The SMILES string of the molecule is COc1ccccc1N1CCN(c2nccc(NCCN(C)C)n2)CC1. The predicted molar refractivity (Wildman–Crippen MR) is 106 cm³/mol. The molecular weight excluding hydrogens is 328 g/mol. The van der Waals surface area contributed by atoms with Crippen LogP contribution >= 0.6 is 0 Å². The van der Waals surface area contributed by atoms with Crippen molar-refractivity contribution in [2.45, 2.75) is 0 Å². The highest BCUT2D eigenvalue weighted by molar-refractivity contribution is 5.59. The molecule has 2 heterocycles. The van der Waals surface area contributed by atoms with Crippen LogP contribution in [-0.4, -0.2) is 75.3 Å². The Balaban J connectivity index is 1.59. The standard InChI is InChI=1S/C19H28N6O/c1-23(2)11-10-20-18-8-9-21-19(22-18)25-14-12-24(13-15-25)16-6-4-5-7-17(16)26-3/h4-9H,10-15H2,1-3H3,(H,20,21,22). The van der Waals surface area contributed by atoms with Gasteiger partial charge in [-0.2, -0.15) is 4.98 Å². The third-order valence-electron chi connectivity index (χ3n) is 4.50. The molecule has 1 aromatic carbocycles. The van der Waals surface area contributed by atoms with Gasteiger partial charge in [0.25, 0.3) is 0 Å². The van der Waals surface area contributed by atoms with Crippen molar-refractivity contribution in [3.63, 3.8) is 0 Å². The maximum absolute atomic E-state index is 5.49. The molecule has 0 saturated carbocycles. The van der Waals surface area contributed by atoms with Gasteiger partial charge in [0.15, 0.2) is 0 Å². The molecule has 26 heavy (non-hydrogen) atoms.